The molecular weight excluding hydrogens is 492 g/mol. The zero-order valence-corrected chi connectivity index (χ0v) is 17.9. The molecule has 1 aromatic heterocycles. The lowest BCUT2D eigenvalue weighted by molar-refractivity contribution is -0.120. The van der Waals surface area contributed by atoms with E-state index in [0.29, 0.717) is 29.3 Å². The summed E-state index contributed by atoms with van der Waals surface area (Å²) in [6.45, 7) is 0.653. The number of carbonyl (C=O) groups excluding carboxylic acids is 1. The van der Waals surface area contributed by atoms with Crippen LogP contribution in [0.5, 0.6) is 0 Å². The van der Waals surface area contributed by atoms with Crippen molar-refractivity contribution < 1.29 is 13.2 Å². The molecule has 0 aliphatic carbocycles. The lowest BCUT2D eigenvalue weighted by Gasteiger charge is -2.30. The number of halogens is 2. The predicted molar refractivity (Wildman–Crippen MR) is 106 cm³/mol. The molecule has 1 aromatic carbocycles. The number of anilines is 1. The van der Waals surface area contributed by atoms with Gasteiger partial charge in [-0.3, -0.25) is 4.79 Å². The summed E-state index contributed by atoms with van der Waals surface area (Å²) < 4.78 is 28.9. The van der Waals surface area contributed by atoms with Crippen LogP contribution in [0.25, 0.3) is 0 Å². The number of nitrogens with zero attached hydrogens (tertiary/aromatic N) is 1. The topological polar surface area (TPSA) is 66.5 Å². The Morgan fingerprint density at radius 3 is 2.52 bits per heavy atom. The van der Waals surface area contributed by atoms with E-state index in [-0.39, 0.29) is 18.4 Å². The second-order valence-electron chi connectivity index (χ2n) is 5.76. The van der Waals surface area contributed by atoms with Crippen molar-refractivity contribution in [3.05, 3.63) is 44.7 Å². The number of nitrogens with one attached hydrogen (secondary N) is 1. The van der Waals surface area contributed by atoms with Gasteiger partial charge in [0.1, 0.15) is 4.21 Å². The number of benzene rings is 1. The van der Waals surface area contributed by atoms with Crippen LogP contribution in [-0.2, 0) is 14.8 Å². The van der Waals surface area contributed by atoms with E-state index in [2.05, 4.69) is 37.2 Å². The van der Waals surface area contributed by atoms with Gasteiger partial charge in [-0.25, -0.2) is 8.42 Å². The molecule has 0 unspecified atom stereocenters. The van der Waals surface area contributed by atoms with E-state index in [1.54, 1.807) is 12.1 Å². The quantitative estimate of drug-likeness (QED) is 0.670. The number of sulfonamides is 1. The molecule has 2 heterocycles. The third kappa shape index (κ3) is 4.51. The highest BCUT2D eigenvalue weighted by atomic mass is 79.9. The fourth-order valence-electron chi connectivity index (χ4n) is 2.72. The predicted octanol–water partition coefficient (Wildman–Crippen LogP) is 4.31. The van der Waals surface area contributed by atoms with Gasteiger partial charge in [0.15, 0.2) is 0 Å². The van der Waals surface area contributed by atoms with E-state index < -0.39 is 10.0 Å². The molecule has 0 bridgehead atoms. The number of hydrogen-bond donors (Lipinski definition) is 1. The van der Waals surface area contributed by atoms with Crippen LogP contribution in [0, 0.1) is 5.92 Å². The van der Waals surface area contributed by atoms with Gasteiger partial charge in [0, 0.05) is 23.2 Å². The van der Waals surface area contributed by atoms with Crippen LogP contribution < -0.4 is 5.32 Å². The van der Waals surface area contributed by atoms with Gasteiger partial charge in [-0.2, -0.15) is 4.31 Å². The van der Waals surface area contributed by atoms with Crippen molar-refractivity contribution in [3.8, 4) is 0 Å². The van der Waals surface area contributed by atoms with Crippen LogP contribution in [0.3, 0.4) is 0 Å². The molecule has 5 nitrogen and oxygen atoms in total. The highest BCUT2D eigenvalue weighted by Gasteiger charge is 2.34. The zero-order valence-electron chi connectivity index (χ0n) is 13.1. The fourth-order valence-corrected chi connectivity index (χ4v) is 6.67. The second kappa shape index (κ2) is 7.87. The number of carbonyl (C=O) groups is 1. The minimum atomic E-state index is -3.55. The minimum absolute atomic E-state index is 0.144. The number of piperidine rings is 1. The maximum Gasteiger partial charge on any atom is 0.252 e. The van der Waals surface area contributed by atoms with Crippen LogP contribution in [0.1, 0.15) is 12.8 Å². The first-order valence-corrected chi connectivity index (χ1v) is 11.5. The second-order valence-corrected chi connectivity index (χ2v) is 11.3. The van der Waals surface area contributed by atoms with Crippen molar-refractivity contribution in [2.45, 2.75) is 17.1 Å². The monoisotopic (exact) mass is 506 g/mol. The van der Waals surface area contributed by atoms with E-state index in [4.69, 9.17) is 0 Å². The molecule has 3 rings (SSSR count). The molecule has 1 atom stereocenters. The van der Waals surface area contributed by atoms with Gasteiger partial charge in [0.2, 0.25) is 5.91 Å². The maximum absolute atomic E-state index is 12.7. The maximum atomic E-state index is 12.7. The summed E-state index contributed by atoms with van der Waals surface area (Å²) in [5.41, 5.74) is 0.704. The Hall–Kier alpha value is -0.740. The molecule has 1 aliphatic rings. The summed E-state index contributed by atoms with van der Waals surface area (Å²) >= 11 is 7.83. The molecule has 0 radical (unpaired) electrons. The summed E-state index contributed by atoms with van der Waals surface area (Å²) in [6, 6.07) is 10.6. The smallest absolute Gasteiger partial charge is 0.252 e. The first kappa shape index (κ1) is 19.0. The average molecular weight is 508 g/mol. The average Bonchev–Trinajstić information content (AvgIpc) is 3.04. The Kier molecular flexibility index (Phi) is 5.99. The van der Waals surface area contributed by atoms with E-state index in [9.17, 15) is 13.2 Å². The SMILES string of the molecule is O=C(Nc1ccc(Br)cc1)[C@@H]1CCCN(S(=O)(=O)c2ccc(Br)s2)C1. The fraction of sp³-hybridized carbons (Fsp3) is 0.312. The molecule has 1 saturated heterocycles. The molecule has 1 amide bonds. The minimum Gasteiger partial charge on any atom is -0.326 e. The van der Waals surface area contributed by atoms with Gasteiger partial charge in [-0.05, 0) is 65.2 Å². The van der Waals surface area contributed by atoms with Crippen LogP contribution in [-0.4, -0.2) is 31.7 Å². The Labute approximate surface area is 167 Å². The molecular formula is C16H16Br2N2O3S2. The van der Waals surface area contributed by atoms with Crippen molar-refractivity contribution in [1.82, 2.24) is 4.31 Å². The number of amides is 1. The number of rotatable bonds is 4. The van der Waals surface area contributed by atoms with E-state index in [0.717, 1.165) is 8.26 Å². The van der Waals surface area contributed by atoms with Crippen molar-refractivity contribution in [3.63, 3.8) is 0 Å². The van der Waals surface area contributed by atoms with Gasteiger partial charge in [0.25, 0.3) is 10.0 Å². The largest absolute Gasteiger partial charge is 0.326 e. The Bertz CT molecular complexity index is 866. The molecule has 0 spiro atoms. The summed E-state index contributed by atoms with van der Waals surface area (Å²) in [6.07, 6.45) is 1.35. The van der Waals surface area contributed by atoms with Crippen LogP contribution >= 0.6 is 43.2 Å². The molecule has 9 heteroatoms. The molecule has 134 valence electrons. The van der Waals surface area contributed by atoms with Crippen molar-refractivity contribution in [2.75, 3.05) is 18.4 Å². The van der Waals surface area contributed by atoms with E-state index in [1.165, 1.54) is 15.6 Å². The van der Waals surface area contributed by atoms with Crippen molar-refractivity contribution in [2.24, 2.45) is 5.92 Å². The van der Waals surface area contributed by atoms with Crippen LogP contribution in [0.4, 0.5) is 5.69 Å². The molecule has 1 N–H and O–H groups in total. The summed E-state index contributed by atoms with van der Waals surface area (Å²) in [7, 11) is -3.55. The lowest BCUT2D eigenvalue weighted by Crippen LogP contribution is -2.43. The summed E-state index contributed by atoms with van der Waals surface area (Å²) in [4.78, 5) is 12.5. The number of hydrogen-bond acceptors (Lipinski definition) is 4. The number of thiophene rings is 1. The Balaban J connectivity index is 1.70. The summed E-state index contributed by atoms with van der Waals surface area (Å²) in [5, 5.41) is 2.87. The van der Waals surface area contributed by atoms with Crippen molar-refractivity contribution >= 4 is 64.8 Å². The van der Waals surface area contributed by atoms with E-state index in [1.807, 2.05) is 24.3 Å². The molecule has 1 aliphatic heterocycles. The van der Waals surface area contributed by atoms with Gasteiger partial charge in [0.05, 0.1) is 9.70 Å². The highest BCUT2D eigenvalue weighted by Crippen LogP contribution is 2.31. The summed E-state index contributed by atoms with van der Waals surface area (Å²) in [5.74, 6) is -0.495. The first-order valence-electron chi connectivity index (χ1n) is 7.68. The molecule has 1 fully saturated rings. The standard InChI is InChI=1S/C16H16Br2N2O3S2/c17-12-3-5-13(6-4-12)19-16(21)11-2-1-9-20(10-11)25(22,23)15-8-7-14(18)24-15/h3-8,11H,1-2,9-10H2,(H,19,21)/t11-/m1/s1. The zero-order chi connectivity index (χ0) is 18.0. The van der Waals surface area contributed by atoms with Gasteiger partial charge in [-0.15, -0.1) is 11.3 Å². The Morgan fingerprint density at radius 1 is 1.16 bits per heavy atom. The van der Waals surface area contributed by atoms with Gasteiger partial charge in [-0.1, -0.05) is 15.9 Å². The van der Waals surface area contributed by atoms with Gasteiger partial charge >= 0.3 is 0 Å². The third-order valence-corrected chi connectivity index (χ3v) is 8.49. The Morgan fingerprint density at radius 2 is 1.88 bits per heavy atom. The highest BCUT2D eigenvalue weighted by molar-refractivity contribution is 9.11. The van der Waals surface area contributed by atoms with Gasteiger partial charge < -0.3 is 5.32 Å². The lowest BCUT2D eigenvalue weighted by atomic mass is 9.99. The normalized spacial score (nSPS) is 18.9. The first-order chi connectivity index (χ1) is 11.9. The van der Waals surface area contributed by atoms with E-state index >= 15 is 0 Å². The third-order valence-electron chi connectivity index (χ3n) is 4.01. The van der Waals surface area contributed by atoms with Crippen molar-refractivity contribution in [1.29, 1.82) is 0 Å². The molecule has 25 heavy (non-hydrogen) atoms. The van der Waals surface area contributed by atoms with Crippen LogP contribution in [0.15, 0.2) is 48.9 Å². The molecule has 2 aromatic rings. The van der Waals surface area contributed by atoms with Crippen LogP contribution in [0.2, 0.25) is 0 Å². The molecule has 0 saturated carbocycles.